The van der Waals surface area contributed by atoms with Crippen LogP contribution in [0.5, 0.6) is 11.5 Å². The van der Waals surface area contributed by atoms with Gasteiger partial charge in [-0.25, -0.2) is 19.0 Å². The van der Waals surface area contributed by atoms with E-state index in [9.17, 15) is 14.7 Å². The highest BCUT2D eigenvalue weighted by atomic mass is 35.5. The Labute approximate surface area is 378 Å². The first-order chi connectivity index (χ1) is 30.0. The third kappa shape index (κ3) is 11.0. The van der Waals surface area contributed by atoms with E-state index in [1.807, 2.05) is 32.0 Å². The molecule has 0 bridgehead atoms. The fraction of sp³-hybridized carbons (Fsp3) is 0.435. The van der Waals surface area contributed by atoms with Crippen molar-refractivity contribution in [1.29, 1.82) is 0 Å². The smallest absolute Gasteiger partial charge is 0.261 e. The van der Waals surface area contributed by atoms with E-state index in [0.29, 0.717) is 68.2 Å². The number of hydrogen-bond donors (Lipinski definition) is 3. The second-order valence-electron chi connectivity index (χ2n) is 17.9. The van der Waals surface area contributed by atoms with Crippen molar-refractivity contribution in [2.45, 2.75) is 129 Å². The number of nitrogens with one attached hydrogen (secondary N) is 2. The van der Waals surface area contributed by atoms with Gasteiger partial charge in [-0.3, -0.25) is 9.59 Å². The summed E-state index contributed by atoms with van der Waals surface area (Å²) in [4.78, 5) is 34.5. The number of aromatic nitrogens is 6. The third-order valence-electron chi connectivity index (χ3n) is 12.2. The van der Waals surface area contributed by atoms with E-state index in [4.69, 9.17) is 37.1 Å². The molecule has 0 spiro atoms. The van der Waals surface area contributed by atoms with Crippen LogP contribution in [0.1, 0.15) is 104 Å². The number of aliphatic hydroxyl groups excluding tert-OH is 1. The van der Waals surface area contributed by atoms with Gasteiger partial charge in [0, 0.05) is 39.9 Å². The van der Waals surface area contributed by atoms with E-state index in [1.165, 1.54) is 12.4 Å². The second kappa shape index (κ2) is 19.4. The van der Waals surface area contributed by atoms with Crippen LogP contribution in [0.15, 0.2) is 73.3 Å². The molecule has 14 nitrogen and oxygen atoms in total. The van der Waals surface area contributed by atoms with E-state index in [-0.39, 0.29) is 41.3 Å². The topological polar surface area (TPSA) is 166 Å². The number of amides is 2. The number of halogens is 2. The van der Waals surface area contributed by atoms with Crippen LogP contribution in [-0.4, -0.2) is 78.9 Å². The molecule has 0 saturated heterocycles. The average molecular weight is 916 g/mol. The average Bonchev–Trinajstić information content (AvgIpc) is 3.88. The van der Waals surface area contributed by atoms with Gasteiger partial charge in [0.05, 0.1) is 42.1 Å². The molecule has 63 heavy (non-hydrogen) atoms. The molecular weight excluding hydrogens is 860 g/mol. The largest absolute Gasteiger partial charge is 0.488 e. The van der Waals surface area contributed by atoms with Crippen LogP contribution in [0.4, 0.5) is 11.4 Å². The molecule has 17 heteroatoms. The van der Waals surface area contributed by atoms with Crippen molar-refractivity contribution in [2.24, 2.45) is 0 Å². The minimum atomic E-state index is -1.79. The zero-order valence-electron chi connectivity index (χ0n) is 36.8. The lowest BCUT2D eigenvalue weighted by Gasteiger charge is -2.41. The first-order valence-electron chi connectivity index (χ1n) is 21.5. The maximum absolute atomic E-state index is 13.1. The van der Waals surface area contributed by atoms with Crippen molar-refractivity contribution in [3.63, 3.8) is 0 Å². The molecule has 2 aromatic carbocycles. The van der Waals surface area contributed by atoms with Gasteiger partial charge in [0.25, 0.3) is 11.8 Å². The molecule has 334 valence electrons. The van der Waals surface area contributed by atoms with Crippen molar-refractivity contribution in [3.8, 4) is 11.5 Å². The lowest BCUT2D eigenvalue weighted by atomic mass is 9.95. The summed E-state index contributed by atoms with van der Waals surface area (Å²) in [6, 6.07) is 14.1. The predicted octanol–water partition coefficient (Wildman–Crippen LogP) is 10.3. The fourth-order valence-electron chi connectivity index (χ4n) is 7.51. The number of ether oxygens (including phenoxy) is 2. The van der Waals surface area contributed by atoms with E-state index < -0.39 is 8.32 Å². The third-order valence-corrected chi connectivity index (χ3v) is 17.2. The van der Waals surface area contributed by atoms with Gasteiger partial charge in [-0.2, -0.15) is 10.2 Å². The Balaban J connectivity index is 0.000000193. The van der Waals surface area contributed by atoms with E-state index in [0.717, 1.165) is 49.9 Å². The Morgan fingerprint density at radius 1 is 0.683 bits per heavy atom. The zero-order chi connectivity index (χ0) is 45.1. The molecule has 0 unspecified atom stereocenters. The Morgan fingerprint density at radius 2 is 1.10 bits per heavy atom. The van der Waals surface area contributed by atoms with Crippen molar-refractivity contribution in [2.75, 3.05) is 10.6 Å². The SMILES string of the molecule is Cc1ccnc2c(C(=O)Nc3cc(Cl)ccc3OC3CCC(O)CC3)cnn12.Cc1ccnc2c(C(=O)Nc3cc(Cl)ccc3OC3CCC(O[Si](C)(C)C(C)(C)C)CC3)cnn12. The first kappa shape index (κ1) is 45.9. The molecule has 6 aromatic rings. The lowest BCUT2D eigenvalue weighted by molar-refractivity contribution is 0.0669. The van der Waals surface area contributed by atoms with Crippen molar-refractivity contribution >= 4 is 66.0 Å². The lowest BCUT2D eigenvalue weighted by Crippen LogP contribution is -2.45. The summed E-state index contributed by atoms with van der Waals surface area (Å²) in [6.45, 7) is 15.2. The molecule has 0 radical (unpaired) electrons. The number of nitrogens with zero attached hydrogens (tertiary/aromatic N) is 6. The summed E-state index contributed by atoms with van der Waals surface area (Å²) in [6.07, 6.45) is 13.2. The van der Waals surface area contributed by atoms with E-state index in [2.05, 4.69) is 64.7 Å². The molecule has 2 saturated carbocycles. The van der Waals surface area contributed by atoms with Gasteiger partial charge in [-0.05, 0) is 132 Å². The van der Waals surface area contributed by atoms with E-state index >= 15 is 0 Å². The first-order valence-corrected chi connectivity index (χ1v) is 25.1. The predicted molar refractivity (Wildman–Crippen MR) is 248 cm³/mol. The maximum Gasteiger partial charge on any atom is 0.261 e. The minimum absolute atomic E-state index is 0.00141. The number of aryl methyl sites for hydroxylation is 2. The number of aliphatic hydroxyl groups is 1. The van der Waals surface area contributed by atoms with Crippen LogP contribution >= 0.6 is 23.2 Å². The quantitative estimate of drug-likeness (QED) is 0.113. The fourth-order valence-corrected chi connectivity index (χ4v) is 9.28. The van der Waals surface area contributed by atoms with Gasteiger partial charge in [-0.1, -0.05) is 44.0 Å². The Bertz CT molecular complexity index is 2580. The van der Waals surface area contributed by atoms with E-state index in [1.54, 1.807) is 51.8 Å². The van der Waals surface area contributed by atoms with Crippen LogP contribution in [0.25, 0.3) is 11.3 Å². The monoisotopic (exact) mass is 914 g/mol. The zero-order valence-corrected chi connectivity index (χ0v) is 39.3. The molecule has 4 heterocycles. The van der Waals surface area contributed by atoms with Crippen molar-refractivity contribution in [3.05, 3.63) is 106 Å². The number of hydrogen-bond acceptors (Lipinski definition) is 10. The molecule has 0 aliphatic heterocycles. The van der Waals surface area contributed by atoms with Gasteiger partial charge < -0.3 is 29.6 Å². The summed E-state index contributed by atoms with van der Waals surface area (Å²) >= 11 is 12.4. The van der Waals surface area contributed by atoms with Crippen LogP contribution < -0.4 is 20.1 Å². The van der Waals surface area contributed by atoms with Gasteiger partial charge >= 0.3 is 0 Å². The molecule has 2 fully saturated rings. The normalized spacial score (nSPS) is 19.3. The minimum Gasteiger partial charge on any atom is -0.488 e. The van der Waals surface area contributed by atoms with Gasteiger partial charge in [-0.15, -0.1) is 0 Å². The standard InChI is InChI=1S/C26H35ClN4O3Si.C20H21ClN4O3/c1-17-13-14-28-24-21(16-29-31(17)24)25(32)30-22-15-18(27)7-12-23(22)33-19-8-10-20(11-9-19)34-35(5,6)26(2,3)4;1-12-8-9-22-19-16(11-23-25(12)19)20(27)24-17-10-13(21)2-7-18(17)28-15-5-3-14(26)4-6-15/h7,12-16,19-20H,8-11H2,1-6H3,(H,30,32);2,7-11,14-15,26H,3-6H2,1H3,(H,24,27). The highest BCUT2D eigenvalue weighted by Gasteiger charge is 2.40. The van der Waals surface area contributed by atoms with Gasteiger partial charge in [0.15, 0.2) is 19.6 Å². The number of rotatable bonds is 10. The van der Waals surface area contributed by atoms with Gasteiger partial charge in [0.1, 0.15) is 22.6 Å². The molecule has 4 aromatic heterocycles. The van der Waals surface area contributed by atoms with Crippen LogP contribution in [0.2, 0.25) is 28.2 Å². The summed E-state index contributed by atoms with van der Waals surface area (Å²) in [5.74, 6) is 0.521. The Kier molecular flexibility index (Phi) is 14.1. The van der Waals surface area contributed by atoms with Crippen LogP contribution in [0.3, 0.4) is 0 Å². The summed E-state index contributed by atoms with van der Waals surface area (Å²) in [5, 5.41) is 25.2. The summed E-state index contributed by atoms with van der Waals surface area (Å²) in [5.41, 5.74) is 4.57. The molecule has 2 aliphatic rings. The number of carbonyl (C=O) groups excluding carboxylic acids is 2. The summed E-state index contributed by atoms with van der Waals surface area (Å²) < 4.78 is 22.3. The number of benzene rings is 2. The molecule has 2 amide bonds. The number of fused-ring (bicyclic) bond motifs is 2. The molecular formula is C46H56Cl2N8O6Si. The molecule has 8 rings (SSSR count). The summed E-state index contributed by atoms with van der Waals surface area (Å²) in [7, 11) is -1.79. The molecule has 3 N–H and O–H groups in total. The Morgan fingerprint density at radius 3 is 1.52 bits per heavy atom. The highest BCUT2D eigenvalue weighted by Crippen LogP contribution is 2.40. The van der Waals surface area contributed by atoms with Crippen molar-refractivity contribution < 1.29 is 28.6 Å². The van der Waals surface area contributed by atoms with Crippen LogP contribution in [-0.2, 0) is 4.43 Å². The number of carbonyl (C=O) groups is 2. The number of anilines is 2. The van der Waals surface area contributed by atoms with Crippen molar-refractivity contribution in [1.82, 2.24) is 29.2 Å². The highest BCUT2D eigenvalue weighted by molar-refractivity contribution is 6.74. The maximum atomic E-state index is 13.1. The van der Waals surface area contributed by atoms with Crippen LogP contribution in [0, 0.1) is 13.8 Å². The molecule has 0 atom stereocenters. The second-order valence-corrected chi connectivity index (χ2v) is 23.5. The van der Waals surface area contributed by atoms with Gasteiger partial charge in [0.2, 0.25) is 0 Å². The Hall–Kier alpha value is -5.06. The molecule has 2 aliphatic carbocycles.